The van der Waals surface area contributed by atoms with Gasteiger partial charge in [0.15, 0.2) is 0 Å². The van der Waals surface area contributed by atoms with Gasteiger partial charge >= 0.3 is 5.97 Å². The first-order valence-electron chi connectivity index (χ1n) is 6.86. The number of hydrogen-bond acceptors (Lipinski definition) is 3. The van der Waals surface area contributed by atoms with Gasteiger partial charge in [0.05, 0.1) is 17.2 Å². The number of carbonyl (C=O) groups excluding carboxylic acids is 1. The number of aliphatic hydroxyl groups excluding tert-OH is 1. The predicted octanol–water partition coefficient (Wildman–Crippen LogP) is 1.67. The Labute approximate surface area is 117 Å². The molecule has 1 aliphatic carbocycles. The molecule has 0 bridgehead atoms. The van der Waals surface area contributed by atoms with Gasteiger partial charge in [0.2, 0.25) is 0 Å². The molecule has 5 nitrogen and oxygen atoms in total. The monoisotopic (exact) mass is 277 g/mol. The quantitative estimate of drug-likeness (QED) is 0.781. The topological polar surface area (TPSA) is 86.6 Å². The van der Waals surface area contributed by atoms with Crippen LogP contribution in [0.4, 0.5) is 0 Å². The lowest BCUT2D eigenvalue weighted by Gasteiger charge is -2.25. The molecule has 1 amide bonds. The van der Waals surface area contributed by atoms with Crippen molar-refractivity contribution in [3.63, 3.8) is 0 Å². The van der Waals surface area contributed by atoms with Gasteiger partial charge in [-0.3, -0.25) is 4.79 Å². The van der Waals surface area contributed by atoms with Gasteiger partial charge in [-0.15, -0.1) is 0 Å². The van der Waals surface area contributed by atoms with Crippen molar-refractivity contribution in [2.45, 2.75) is 31.8 Å². The van der Waals surface area contributed by atoms with Crippen molar-refractivity contribution in [3.05, 3.63) is 35.4 Å². The molecule has 0 aliphatic heterocycles. The summed E-state index contributed by atoms with van der Waals surface area (Å²) in [6.07, 6.45) is 3.11. The highest BCUT2D eigenvalue weighted by Crippen LogP contribution is 2.23. The molecule has 1 aliphatic rings. The molecule has 0 spiro atoms. The van der Waals surface area contributed by atoms with Crippen LogP contribution in [-0.4, -0.2) is 34.7 Å². The average Bonchev–Trinajstić information content (AvgIpc) is 2.46. The molecule has 0 aromatic heterocycles. The molecule has 20 heavy (non-hydrogen) atoms. The molecule has 0 radical (unpaired) electrons. The van der Waals surface area contributed by atoms with Gasteiger partial charge in [-0.05, 0) is 43.7 Å². The van der Waals surface area contributed by atoms with Crippen molar-refractivity contribution < 1.29 is 19.8 Å². The lowest BCUT2D eigenvalue weighted by Crippen LogP contribution is -2.32. The van der Waals surface area contributed by atoms with Gasteiger partial charge < -0.3 is 15.5 Å². The number of nitrogens with one attached hydrogen (secondary N) is 1. The molecule has 2 rings (SSSR count). The first kappa shape index (κ1) is 14.5. The molecule has 3 N–H and O–H groups in total. The lowest BCUT2D eigenvalue weighted by molar-refractivity contribution is 0.0690. The van der Waals surface area contributed by atoms with Crippen LogP contribution in [0.1, 0.15) is 46.4 Å². The minimum absolute atomic E-state index is 0.0177. The molecule has 0 heterocycles. The number of benzene rings is 1. The van der Waals surface area contributed by atoms with Crippen molar-refractivity contribution in [3.8, 4) is 0 Å². The fourth-order valence-electron chi connectivity index (χ4n) is 2.55. The highest BCUT2D eigenvalue weighted by atomic mass is 16.4. The fourth-order valence-corrected chi connectivity index (χ4v) is 2.55. The standard InChI is InChI=1S/C15H19NO4/c17-11-7-5-10(6-8-11)9-16-14(18)12-3-1-2-4-13(12)15(19)20/h1-4,10-11,17H,5-9H2,(H,16,18)(H,19,20). The van der Waals surface area contributed by atoms with Crippen molar-refractivity contribution >= 4 is 11.9 Å². The zero-order chi connectivity index (χ0) is 14.5. The Kier molecular flexibility index (Phi) is 4.74. The molecule has 0 atom stereocenters. The predicted molar refractivity (Wildman–Crippen MR) is 73.7 cm³/mol. The summed E-state index contributed by atoms with van der Waals surface area (Å²) in [5, 5.41) is 21.3. The maximum absolute atomic E-state index is 12.1. The third-order valence-electron chi connectivity index (χ3n) is 3.77. The molecule has 1 fully saturated rings. The number of aromatic carboxylic acids is 1. The van der Waals surface area contributed by atoms with Crippen LogP contribution in [0, 0.1) is 5.92 Å². The maximum Gasteiger partial charge on any atom is 0.336 e. The number of carbonyl (C=O) groups is 2. The molecule has 1 saturated carbocycles. The summed E-state index contributed by atoms with van der Waals surface area (Å²) in [7, 11) is 0. The zero-order valence-electron chi connectivity index (χ0n) is 11.2. The van der Waals surface area contributed by atoms with E-state index >= 15 is 0 Å². The molecule has 108 valence electrons. The summed E-state index contributed by atoms with van der Waals surface area (Å²) in [5.74, 6) is -1.09. The Bertz CT molecular complexity index is 492. The van der Waals surface area contributed by atoms with Crippen LogP contribution >= 0.6 is 0 Å². The molecular weight excluding hydrogens is 258 g/mol. The molecular formula is C15H19NO4. The minimum atomic E-state index is -1.10. The number of hydrogen-bond donors (Lipinski definition) is 3. The van der Waals surface area contributed by atoms with E-state index in [0.717, 1.165) is 25.7 Å². The van der Waals surface area contributed by atoms with Crippen LogP contribution in [0.3, 0.4) is 0 Å². The van der Waals surface area contributed by atoms with Crippen LogP contribution in [0.2, 0.25) is 0 Å². The van der Waals surface area contributed by atoms with E-state index in [1.807, 2.05) is 0 Å². The van der Waals surface area contributed by atoms with E-state index in [0.29, 0.717) is 12.5 Å². The first-order valence-corrected chi connectivity index (χ1v) is 6.86. The van der Waals surface area contributed by atoms with E-state index in [2.05, 4.69) is 5.32 Å². The van der Waals surface area contributed by atoms with E-state index in [-0.39, 0.29) is 23.1 Å². The second-order valence-corrected chi connectivity index (χ2v) is 5.24. The summed E-state index contributed by atoms with van der Waals surface area (Å²) in [4.78, 5) is 23.1. The zero-order valence-corrected chi connectivity index (χ0v) is 11.2. The molecule has 1 aromatic carbocycles. The van der Waals surface area contributed by atoms with Gasteiger partial charge in [0.25, 0.3) is 5.91 Å². The second kappa shape index (κ2) is 6.52. The Hall–Kier alpha value is -1.88. The minimum Gasteiger partial charge on any atom is -0.478 e. The summed E-state index contributed by atoms with van der Waals surface area (Å²) in [6, 6.07) is 6.19. The summed E-state index contributed by atoms with van der Waals surface area (Å²) >= 11 is 0. The van der Waals surface area contributed by atoms with Crippen molar-refractivity contribution in [1.29, 1.82) is 0 Å². The Balaban J connectivity index is 1.94. The van der Waals surface area contributed by atoms with Crippen molar-refractivity contribution in [2.24, 2.45) is 5.92 Å². The molecule has 1 aromatic rings. The third-order valence-corrected chi connectivity index (χ3v) is 3.77. The van der Waals surface area contributed by atoms with E-state index in [1.165, 1.54) is 12.1 Å². The average molecular weight is 277 g/mol. The Morgan fingerprint density at radius 2 is 1.70 bits per heavy atom. The van der Waals surface area contributed by atoms with Crippen LogP contribution in [0.25, 0.3) is 0 Å². The van der Waals surface area contributed by atoms with Gasteiger partial charge in [0.1, 0.15) is 0 Å². The van der Waals surface area contributed by atoms with E-state index in [9.17, 15) is 14.7 Å². The van der Waals surface area contributed by atoms with Crippen molar-refractivity contribution in [2.75, 3.05) is 6.54 Å². The Morgan fingerprint density at radius 3 is 2.30 bits per heavy atom. The van der Waals surface area contributed by atoms with E-state index in [4.69, 9.17) is 5.11 Å². The maximum atomic E-state index is 12.1. The van der Waals surface area contributed by atoms with Gasteiger partial charge in [-0.25, -0.2) is 4.79 Å². The number of rotatable bonds is 4. The number of carboxylic acid groups (broad SMARTS) is 1. The molecule has 5 heteroatoms. The van der Waals surface area contributed by atoms with Crippen LogP contribution in [-0.2, 0) is 0 Å². The molecule has 0 saturated heterocycles. The number of aliphatic hydroxyl groups is 1. The highest BCUT2D eigenvalue weighted by molar-refractivity contribution is 6.04. The van der Waals surface area contributed by atoms with Crippen LogP contribution < -0.4 is 5.32 Å². The Morgan fingerprint density at radius 1 is 1.10 bits per heavy atom. The third kappa shape index (κ3) is 3.57. The number of amides is 1. The van der Waals surface area contributed by atoms with Crippen molar-refractivity contribution in [1.82, 2.24) is 5.32 Å². The largest absolute Gasteiger partial charge is 0.478 e. The first-order chi connectivity index (χ1) is 9.58. The molecule has 0 unspecified atom stereocenters. The van der Waals surface area contributed by atoms with Crippen LogP contribution in [0.5, 0.6) is 0 Å². The normalized spacial score (nSPS) is 22.2. The van der Waals surface area contributed by atoms with Gasteiger partial charge in [0, 0.05) is 6.54 Å². The summed E-state index contributed by atoms with van der Waals surface area (Å²) in [6.45, 7) is 0.527. The second-order valence-electron chi connectivity index (χ2n) is 5.24. The van der Waals surface area contributed by atoms with Crippen LogP contribution in [0.15, 0.2) is 24.3 Å². The smallest absolute Gasteiger partial charge is 0.336 e. The van der Waals surface area contributed by atoms with E-state index < -0.39 is 5.97 Å². The van der Waals surface area contributed by atoms with E-state index in [1.54, 1.807) is 12.1 Å². The fraction of sp³-hybridized carbons (Fsp3) is 0.467. The number of carboxylic acids is 1. The van der Waals surface area contributed by atoms with Gasteiger partial charge in [-0.1, -0.05) is 12.1 Å². The van der Waals surface area contributed by atoms with Gasteiger partial charge in [-0.2, -0.15) is 0 Å². The lowest BCUT2D eigenvalue weighted by atomic mass is 9.87. The summed E-state index contributed by atoms with van der Waals surface area (Å²) in [5.41, 5.74) is 0.208. The SMILES string of the molecule is O=C(O)c1ccccc1C(=O)NCC1CCC(O)CC1. The summed E-state index contributed by atoms with van der Waals surface area (Å²) < 4.78 is 0. The highest BCUT2D eigenvalue weighted by Gasteiger charge is 2.21.